The lowest BCUT2D eigenvalue weighted by Crippen LogP contribution is -2.34. The molecule has 0 saturated heterocycles. The molecule has 1 N–H and O–H groups in total. The van der Waals surface area contributed by atoms with Crippen LogP contribution in [0.1, 0.15) is 22.3 Å². The number of hydrogen-bond donors (Lipinski definition) is 1. The largest absolute Gasteiger partial charge is 0.354 e. The smallest absolute Gasteiger partial charge is 0.0714 e. The normalized spacial score (nSPS) is 13.2. The Morgan fingerprint density at radius 1 is 0.514 bits per heavy atom. The number of rotatable bonds is 4. The Bertz CT molecular complexity index is 1710. The Morgan fingerprint density at radius 3 is 1.86 bits per heavy atom. The average Bonchev–Trinajstić information content (AvgIpc) is 2.96. The van der Waals surface area contributed by atoms with Crippen LogP contribution >= 0.6 is 11.6 Å². The summed E-state index contributed by atoms with van der Waals surface area (Å²) >= 11 is 6.52. The van der Waals surface area contributed by atoms with Crippen LogP contribution in [-0.2, 0) is 5.41 Å². The molecule has 0 fully saturated rings. The van der Waals surface area contributed by atoms with Gasteiger partial charge in [0.25, 0.3) is 0 Å². The monoisotopic (exact) mass is 493 g/mol. The minimum Gasteiger partial charge on any atom is -0.354 e. The van der Waals surface area contributed by atoms with Gasteiger partial charge >= 0.3 is 0 Å². The van der Waals surface area contributed by atoms with Crippen LogP contribution in [0, 0.1) is 0 Å². The molecule has 0 aromatic heterocycles. The molecule has 0 unspecified atom stereocenters. The molecule has 7 rings (SSSR count). The Balaban J connectivity index is 1.61. The highest BCUT2D eigenvalue weighted by atomic mass is 35.5. The number of benzene rings is 6. The van der Waals surface area contributed by atoms with Crippen molar-refractivity contribution < 1.29 is 0 Å². The SMILES string of the molecule is Clc1ccccc1Nc1ccc2c(c1)C(c1ccccc1)(c1ccccc1)c1cccc3cccc-2c13. The molecule has 176 valence electrons. The van der Waals surface area contributed by atoms with Crippen LogP contribution in [-0.4, -0.2) is 0 Å². The summed E-state index contributed by atoms with van der Waals surface area (Å²) in [6.07, 6.45) is 0. The van der Waals surface area contributed by atoms with E-state index in [0.717, 1.165) is 11.4 Å². The number of halogens is 1. The van der Waals surface area contributed by atoms with Gasteiger partial charge in [-0.25, -0.2) is 0 Å². The van der Waals surface area contributed by atoms with Crippen molar-refractivity contribution in [3.8, 4) is 11.1 Å². The zero-order chi connectivity index (χ0) is 24.8. The Kier molecular flexibility index (Phi) is 5.13. The molecule has 0 amide bonds. The zero-order valence-electron chi connectivity index (χ0n) is 20.2. The number of nitrogens with one attached hydrogen (secondary N) is 1. The third-order valence-electron chi connectivity index (χ3n) is 7.59. The predicted molar refractivity (Wildman–Crippen MR) is 156 cm³/mol. The van der Waals surface area contributed by atoms with E-state index in [4.69, 9.17) is 11.6 Å². The number of para-hydroxylation sites is 1. The maximum absolute atomic E-state index is 6.52. The van der Waals surface area contributed by atoms with E-state index in [0.29, 0.717) is 5.02 Å². The fraction of sp³-hybridized carbons (Fsp3) is 0.0286. The molecule has 6 aromatic carbocycles. The first-order chi connectivity index (χ1) is 18.3. The molecule has 37 heavy (non-hydrogen) atoms. The fourth-order valence-electron chi connectivity index (χ4n) is 6.07. The van der Waals surface area contributed by atoms with Crippen LogP contribution in [0.25, 0.3) is 21.9 Å². The maximum atomic E-state index is 6.52. The second kappa shape index (κ2) is 8.65. The molecular formula is C35H24ClN. The molecule has 0 bridgehead atoms. The second-order valence-corrected chi connectivity index (χ2v) is 9.96. The highest BCUT2D eigenvalue weighted by molar-refractivity contribution is 6.33. The average molecular weight is 494 g/mol. The van der Waals surface area contributed by atoms with Gasteiger partial charge in [-0.2, -0.15) is 0 Å². The van der Waals surface area contributed by atoms with Gasteiger partial charge in [-0.05, 0) is 68.4 Å². The van der Waals surface area contributed by atoms with Gasteiger partial charge in [0, 0.05) is 5.69 Å². The van der Waals surface area contributed by atoms with Gasteiger partial charge in [-0.15, -0.1) is 0 Å². The lowest BCUT2D eigenvalue weighted by atomic mass is 9.59. The van der Waals surface area contributed by atoms with Crippen LogP contribution in [0.2, 0.25) is 5.02 Å². The highest BCUT2D eigenvalue weighted by Crippen LogP contribution is 2.55. The van der Waals surface area contributed by atoms with Crippen LogP contribution in [0.5, 0.6) is 0 Å². The highest BCUT2D eigenvalue weighted by Gasteiger charge is 2.44. The number of hydrogen-bond acceptors (Lipinski definition) is 1. The fourth-order valence-corrected chi connectivity index (χ4v) is 6.26. The van der Waals surface area contributed by atoms with Gasteiger partial charge in [0.1, 0.15) is 0 Å². The Morgan fingerprint density at radius 2 is 1.16 bits per heavy atom. The van der Waals surface area contributed by atoms with E-state index in [-0.39, 0.29) is 0 Å². The van der Waals surface area contributed by atoms with Gasteiger partial charge in [0.05, 0.1) is 16.1 Å². The van der Waals surface area contributed by atoms with Crippen molar-refractivity contribution in [2.24, 2.45) is 0 Å². The van der Waals surface area contributed by atoms with Crippen LogP contribution in [0.4, 0.5) is 11.4 Å². The zero-order valence-corrected chi connectivity index (χ0v) is 20.9. The summed E-state index contributed by atoms with van der Waals surface area (Å²) in [4.78, 5) is 0. The second-order valence-electron chi connectivity index (χ2n) is 9.56. The molecule has 1 nitrogen and oxygen atoms in total. The van der Waals surface area contributed by atoms with E-state index in [9.17, 15) is 0 Å². The van der Waals surface area contributed by atoms with Gasteiger partial charge in [0.2, 0.25) is 0 Å². The van der Waals surface area contributed by atoms with Crippen molar-refractivity contribution in [2.75, 3.05) is 5.32 Å². The minimum absolute atomic E-state index is 0.482. The van der Waals surface area contributed by atoms with Gasteiger partial charge in [-0.3, -0.25) is 0 Å². The lowest BCUT2D eigenvalue weighted by molar-refractivity contribution is 0.750. The number of anilines is 2. The summed E-state index contributed by atoms with van der Waals surface area (Å²) in [6, 6.07) is 49.8. The van der Waals surface area contributed by atoms with E-state index in [1.54, 1.807) is 0 Å². The maximum Gasteiger partial charge on any atom is 0.0714 e. The molecular weight excluding hydrogens is 470 g/mol. The minimum atomic E-state index is -0.482. The summed E-state index contributed by atoms with van der Waals surface area (Å²) in [5.74, 6) is 0. The van der Waals surface area contributed by atoms with Crippen molar-refractivity contribution in [3.05, 3.63) is 167 Å². The van der Waals surface area contributed by atoms with Crippen molar-refractivity contribution in [1.29, 1.82) is 0 Å². The Hall–Kier alpha value is -4.33. The lowest BCUT2D eigenvalue weighted by Gasteiger charge is -2.42. The van der Waals surface area contributed by atoms with Crippen LogP contribution in [0.3, 0.4) is 0 Å². The molecule has 2 heteroatoms. The van der Waals surface area contributed by atoms with E-state index in [2.05, 4.69) is 121 Å². The predicted octanol–water partition coefficient (Wildman–Crippen LogP) is 9.60. The molecule has 6 aromatic rings. The van der Waals surface area contributed by atoms with Gasteiger partial charge in [0.15, 0.2) is 0 Å². The van der Waals surface area contributed by atoms with Gasteiger partial charge < -0.3 is 5.32 Å². The molecule has 0 saturated carbocycles. The first kappa shape index (κ1) is 21.9. The molecule has 0 radical (unpaired) electrons. The summed E-state index contributed by atoms with van der Waals surface area (Å²) < 4.78 is 0. The van der Waals surface area contributed by atoms with E-state index < -0.39 is 5.41 Å². The first-order valence-electron chi connectivity index (χ1n) is 12.6. The van der Waals surface area contributed by atoms with E-state index >= 15 is 0 Å². The third kappa shape index (κ3) is 3.32. The standard InChI is InChI=1S/C35H24ClN/c36-32-19-7-8-20-33(32)37-27-21-22-28-29-17-9-11-24-12-10-18-30(34(24)29)35(31(28)23-27,25-13-3-1-4-14-25)26-15-5-2-6-16-26/h1-23,37H. The van der Waals surface area contributed by atoms with E-state index in [1.807, 2.05) is 24.3 Å². The van der Waals surface area contributed by atoms with Crippen LogP contribution < -0.4 is 5.32 Å². The third-order valence-corrected chi connectivity index (χ3v) is 7.92. The molecule has 0 atom stereocenters. The van der Waals surface area contributed by atoms with Crippen LogP contribution in [0.15, 0.2) is 140 Å². The molecule has 0 heterocycles. The van der Waals surface area contributed by atoms with E-state index in [1.165, 1.54) is 44.2 Å². The summed E-state index contributed by atoms with van der Waals surface area (Å²) in [5, 5.41) is 6.86. The van der Waals surface area contributed by atoms with Crippen molar-refractivity contribution in [1.82, 2.24) is 0 Å². The summed E-state index contributed by atoms with van der Waals surface area (Å²) in [5.41, 5.74) is 9.01. The van der Waals surface area contributed by atoms with Crippen molar-refractivity contribution >= 4 is 33.7 Å². The molecule has 1 aliphatic carbocycles. The van der Waals surface area contributed by atoms with Crippen molar-refractivity contribution in [3.63, 3.8) is 0 Å². The molecule has 0 spiro atoms. The van der Waals surface area contributed by atoms with Gasteiger partial charge in [-0.1, -0.05) is 127 Å². The molecule has 1 aliphatic rings. The first-order valence-corrected chi connectivity index (χ1v) is 12.9. The quantitative estimate of drug-likeness (QED) is 0.257. The Labute approximate surface area is 222 Å². The van der Waals surface area contributed by atoms with Crippen molar-refractivity contribution in [2.45, 2.75) is 5.41 Å². The summed E-state index contributed by atoms with van der Waals surface area (Å²) in [7, 11) is 0. The topological polar surface area (TPSA) is 12.0 Å². The summed E-state index contributed by atoms with van der Waals surface area (Å²) in [6.45, 7) is 0. The molecule has 0 aliphatic heterocycles. The number of fused-ring (bicyclic) bond motifs is 2.